The van der Waals surface area contributed by atoms with Crippen LogP contribution in [0.3, 0.4) is 0 Å². The van der Waals surface area contributed by atoms with E-state index in [9.17, 15) is 31.1 Å². The van der Waals surface area contributed by atoms with Gasteiger partial charge >= 0.3 is 12.4 Å². The molecule has 2 aliphatic heterocycles. The Balaban J connectivity index is 1.37. The maximum Gasteiger partial charge on any atom is 0.416 e. The van der Waals surface area contributed by atoms with Crippen molar-refractivity contribution in [3.05, 3.63) is 69.8 Å². The largest absolute Gasteiger partial charge is 0.416 e. The lowest BCUT2D eigenvalue weighted by atomic mass is 10.0. The summed E-state index contributed by atoms with van der Waals surface area (Å²) in [6.45, 7) is 4.22. The number of aromatic nitrogens is 2. The van der Waals surface area contributed by atoms with Gasteiger partial charge in [0.15, 0.2) is 5.17 Å². The Morgan fingerprint density at radius 2 is 1.82 bits per heavy atom. The average molecular weight is 568 g/mol. The zero-order valence-corrected chi connectivity index (χ0v) is 21.7. The van der Waals surface area contributed by atoms with Gasteiger partial charge in [-0.25, -0.2) is 0 Å². The SMILES string of the molecule is C[C@@H]1CN(C)CCN1C1=NC(=O)/C(=C/c2ccc3c(cnn3Cc3ccc(C(F)(F)F)cc3C(F)(F)F)c2)S1. The second-order valence-corrected chi connectivity index (χ2v) is 10.6. The van der Waals surface area contributed by atoms with Gasteiger partial charge < -0.3 is 9.80 Å². The van der Waals surface area contributed by atoms with Crippen molar-refractivity contribution in [2.75, 3.05) is 26.7 Å². The van der Waals surface area contributed by atoms with Gasteiger partial charge in [0.2, 0.25) is 0 Å². The molecule has 0 spiro atoms. The van der Waals surface area contributed by atoms with Gasteiger partial charge in [-0.3, -0.25) is 9.48 Å². The van der Waals surface area contributed by atoms with Crippen LogP contribution in [-0.4, -0.2) is 63.4 Å². The van der Waals surface area contributed by atoms with Gasteiger partial charge in [-0.05, 0) is 67.2 Å². The number of halogens is 6. The first kappa shape index (κ1) is 27.3. The van der Waals surface area contributed by atoms with Crippen LogP contribution in [0, 0.1) is 0 Å². The predicted octanol–water partition coefficient (Wildman–Crippen LogP) is 5.73. The summed E-state index contributed by atoms with van der Waals surface area (Å²) < 4.78 is 81.0. The first-order valence-electron chi connectivity index (χ1n) is 12.0. The molecule has 5 rings (SSSR count). The molecule has 6 nitrogen and oxygen atoms in total. The predicted molar refractivity (Wildman–Crippen MR) is 137 cm³/mol. The highest BCUT2D eigenvalue weighted by Crippen LogP contribution is 2.38. The molecule has 1 aromatic heterocycles. The number of rotatable bonds is 3. The summed E-state index contributed by atoms with van der Waals surface area (Å²) in [6, 6.07) is 6.91. The molecular formula is C26H23F6N5OS. The monoisotopic (exact) mass is 567 g/mol. The highest BCUT2D eigenvalue weighted by atomic mass is 32.2. The molecule has 0 N–H and O–H groups in total. The molecule has 3 aromatic rings. The first-order valence-corrected chi connectivity index (χ1v) is 12.8. The van der Waals surface area contributed by atoms with E-state index in [1.54, 1.807) is 24.3 Å². The number of hydrogen-bond donors (Lipinski definition) is 0. The lowest BCUT2D eigenvalue weighted by Crippen LogP contribution is -2.51. The number of thioether (sulfide) groups is 1. The molecular weight excluding hydrogens is 544 g/mol. The maximum absolute atomic E-state index is 13.6. The highest BCUT2D eigenvalue weighted by molar-refractivity contribution is 8.18. The van der Waals surface area contributed by atoms with Gasteiger partial charge in [-0.1, -0.05) is 12.1 Å². The second-order valence-electron chi connectivity index (χ2n) is 9.60. The number of hydrogen-bond acceptors (Lipinski definition) is 5. The molecule has 0 aliphatic carbocycles. The minimum atomic E-state index is -4.97. The summed E-state index contributed by atoms with van der Waals surface area (Å²) >= 11 is 1.31. The minimum absolute atomic E-state index is 0.126. The summed E-state index contributed by atoms with van der Waals surface area (Å²) in [5.41, 5.74) is -1.87. The summed E-state index contributed by atoms with van der Waals surface area (Å²) in [4.78, 5) is 21.6. The molecule has 3 heterocycles. The van der Waals surface area contributed by atoms with Crippen molar-refractivity contribution in [1.82, 2.24) is 19.6 Å². The Morgan fingerprint density at radius 1 is 1.05 bits per heavy atom. The maximum atomic E-state index is 13.6. The summed E-state index contributed by atoms with van der Waals surface area (Å²) in [5.74, 6) is -0.334. The fourth-order valence-electron chi connectivity index (χ4n) is 4.73. The fourth-order valence-corrected chi connectivity index (χ4v) is 5.78. The number of piperazine rings is 1. The number of nitrogens with zero attached hydrogens (tertiary/aromatic N) is 5. The van der Waals surface area contributed by atoms with Crippen molar-refractivity contribution >= 4 is 39.8 Å². The Labute approximate surface area is 224 Å². The minimum Gasteiger partial charge on any atom is -0.346 e. The van der Waals surface area contributed by atoms with E-state index in [-0.39, 0.29) is 30.1 Å². The molecule has 1 fully saturated rings. The number of carbonyl (C=O) groups excluding carboxylic acids is 1. The summed E-state index contributed by atoms with van der Waals surface area (Å²) in [7, 11) is 2.05. The van der Waals surface area contributed by atoms with Crippen LogP contribution in [0.15, 0.2) is 52.5 Å². The van der Waals surface area contributed by atoms with E-state index >= 15 is 0 Å². The molecule has 1 amide bonds. The Morgan fingerprint density at radius 3 is 2.51 bits per heavy atom. The lowest BCUT2D eigenvalue weighted by Gasteiger charge is -2.38. The van der Waals surface area contributed by atoms with Crippen molar-refractivity contribution in [2.24, 2.45) is 4.99 Å². The lowest BCUT2D eigenvalue weighted by molar-refractivity contribution is -0.143. The van der Waals surface area contributed by atoms with Crippen molar-refractivity contribution in [3.8, 4) is 0 Å². The number of likely N-dealkylation sites (N-methyl/N-ethyl adjacent to an activating group) is 1. The van der Waals surface area contributed by atoms with Crippen LogP contribution in [0.2, 0.25) is 0 Å². The number of amides is 1. The molecule has 1 atom stereocenters. The van der Waals surface area contributed by atoms with Gasteiger partial charge in [0.05, 0.1) is 34.3 Å². The second kappa shape index (κ2) is 10.0. The van der Waals surface area contributed by atoms with Crippen molar-refractivity contribution < 1.29 is 31.1 Å². The van der Waals surface area contributed by atoms with Crippen molar-refractivity contribution in [1.29, 1.82) is 0 Å². The summed E-state index contributed by atoms with van der Waals surface area (Å²) in [6.07, 6.45) is -6.69. The molecule has 2 aliphatic rings. The van der Waals surface area contributed by atoms with Crippen LogP contribution in [-0.2, 0) is 23.7 Å². The number of alkyl halides is 6. The van der Waals surface area contributed by atoms with E-state index in [1.165, 1.54) is 22.6 Å². The third-order valence-electron chi connectivity index (χ3n) is 6.71. The van der Waals surface area contributed by atoms with Crippen molar-refractivity contribution in [2.45, 2.75) is 31.9 Å². The van der Waals surface area contributed by atoms with Gasteiger partial charge in [0.25, 0.3) is 5.91 Å². The molecule has 0 saturated carbocycles. The molecule has 2 aromatic carbocycles. The van der Waals surface area contributed by atoms with Crippen LogP contribution >= 0.6 is 11.8 Å². The van der Waals surface area contributed by atoms with Crippen LogP contribution in [0.5, 0.6) is 0 Å². The quantitative estimate of drug-likeness (QED) is 0.299. The zero-order chi connectivity index (χ0) is 28.1. The average Bonchev–Trinajstić information content (AvgIpc) is 3.40. The molecule has 0 radical (unpaired) electrons. The van der Waals surface area contributed by atoms with E-state index in [0.29, 0.717) is 32.6 Å². The smallest absolute Gasteiger partial charge is 0.346 e. The standard InChI is InChI=1S/C26H23F6N5OS/c1-15-13-35(2)7-8-36(15)24-34-23(38)22(39-24)10-16-3-6-21-18(9-16)12-33-37(21)14-17-4-5-19(25(27,28)29)11-20(17)26(30,31)32/h3-6,9-12,15H,7-8,13-14H2,1-2H3/b22-10-/t15-/m1/s1. The fraction of sp³-hybridized carbons (Fsp3) is 0.346. The summed E-state index contributed by atoms with van der Waals surface area (Å²) in [5, 5.41) is 5.43. The third kappa shape index (κ3) is 5.69. The van der Waals surface area contributed by atoms with Crippen molar-refractivity contribution in [3.63, 3.8) is 0 Å². The van der Waals surface area contributed by atoms with Crippen LogP contribution in [0.4, 0.5) is 26.3 Å². The van der Waals surface area contributed by atoms with Crippen LogP contribution < -0.4 is 0 Å². The van der Waals surface area contributed by atoms with E-state index in [4.69, 9.17) is 0 Å². The number of aliphatic imine (C=N–C) groups is 1. The zero-order valence-electron chi connectivity index (χ0n) is 20.8. The first-order chi connectivity index (χ1) is 18.3. The van der Waals surface area contributed by atoms with E-state index in [1.807, 2.05) is 7.05 Å². The molecule has 39 heavy (non-hydrogen) atoms. The van der Waals surface area contributed by atoms with Gasteiger partial charge in [0, 0.05) is 31.1 Å². The van der Waals surface area contributed by atoms with Gasteiger partial charge in [0.1, 0.15) is 0 Å². The normalized spacial score (nSPS) is 20.4. The molecule has 0 unspecified atom stereocenters. The van der Waals surface area contributed by atoms with E-state index < -0.39 is 23.5 Å². The number of amidine groups is 1. The number of carbonyl (C=O) groups is 1. The Hall–Kier alpha value is -3.32. The number of benzene rings is 2. The van der Waals surface area contributed by atoms with Crippen LogP contribution in [0.1, 0.15) is 29.2 Å². The molecule has 0 bridgehead atoms. The molecule has 206 valence electrons. The highest BCUT2D eigenvalue weighted by Gasteiger charge is 2.38. The topological polar surface area (TPSA) is 53.7 Å². The van der Waals surface area contributed by atoms with Gasteiger partial charge in [-0.2, -0.15) is 36.4 Å². The van der Waals surface area contributed by atoms with E-state index in [0.717, 1.165) is 25.7 Å². The molecule has 13 heteroatoms. The molecule has 1 saturated heterocycles. The van der Waals surface area contributed by atoms with Gasteiger partial charge in [-0.15, -0.1) is 0 Å². The number of fused-ring (bicyclic) bond motifs is 1. The van der Waals surface area contributed by atoms with E-state index in [2.05, 4.69) is 26.8 Å². The Kier molecular flexibility index (Phi) is 7.00. The van der Waals surface area contributed by atoms with Crippen LogP contribution in [0.25, 0.3) is 17.0 Å². The third-order valence-corrected chi connectivity index (χ3v) is 7.73. The Bertz CT molecular complexity index is 1490.